The Balaban J connectivity index is 2.70. The summed E-state index contributed by atoms with van der Waals surface area (Å²) >= 11 is 0. The summed E-state index contributed by atoms with van der Waals surface area (Å²) in [7, 11) is 0. The highest BCUT2D eigenvalue weighted by Gasteiger charge is 2.23. The number of nitrogens with one attached hydrogen (secondary N) is 1. The molecular weight excluding hydrogens is 244 g/mol. The van der Waals surface area contributed by atoms with Gasteiger partial charge in [0.15, 0.2) is 6.04 Å². The molecule has 5 nitrogen and oxygen atoms in total. The summed E-state index contributed by atoms with van der Waals surface area (Å²) in [5, 5.41) is 11.7. The van der Waals surface area contributed by atoms with E-state index in [-0.39, 0.29) is 24.3 Å². The summed E-state index contributed by atoms with van der Waals surface area (Å²) in [5.74, 6) is -1.26. The van der Waals surface area contributed by atoms with Crippen LogP contribution >= 0.6 is 0 Å². The molecule has 5 heteroatoms. The zero-order valence-electron chi connectivity index (χ0n) is 11.2. The van der Waals surface area contributed by atoms with Gasteiger partial charge >= 0.3 is 5.97 Å². The average molecular weight is 264 g/mol. The molecule has 1 aromatic carbocycles. The first-order valence-electron chi connectivity index (χ1n) is 6.24. The first-order chi connectivity index (χ1) is 8.91. The minimum Gasteiger partial charge on any atom is -0.479 e. The molecule has 0 radical (unpaired) electrons. The van der Waals surface area contributed by atoms with Crippen molar-refractivity contribution in [2.45, 2.75) is 32.4 Å². The number of aliphatic carboxylic acids is 1. The zero-order valence-corrected chi connectivity index (χ0v) is 11.2. The minimum absolute atomic E-state index is 0.119. The standard InChI is InChI=1S/C14H20N2O3/c1-9(2)11(15)8-12(17)16-13(14(18)19)10-6-4-3-5-7-10/h3-7,9,11,13H,8,15H2,1-2H3,(H,16,17)(H,18,19)/t11?,13-/m0/s1. The van der Waals surface area contributed by atoms with Gasteiger partial charge < -0.3 is 16.2 Å². The summed E-state index contributed by atoms with van der Waals surface area (Å²) in [4.78, 5) is 23.0. The van der Waals surface area contributed by atoms with Gasteiger partial charge in [-0.1, -0.05) is 44.2 Å². The molecule has 0 aliphatic carbocycles. The molecule has 4 N–H and O–H groups in total. The molecular formula is C14H20N2O3. The maximum Gasteiger partial charge on any atom is 0.330 e. The van der Waals surface area contributed by atoms with Crippen LogP contribution in [0.4, 0.5) is 0 Å². The number of hydrogen-bond donors (Lipinski definition) is 3. The second-order valence-electron chi connectivity index (χ2n) is 4.86. The summed E-state index contributed by atoms with van der Waals surface area (Å²) in [6.07, 6.45) is 0.119. The van der Waals surface area contributed by atoms with Crippen LogP contribution in [-0.4, -0.2) is 23.0 Å². The van der Waals surface area contributed by atoms with E-state index in [0.29, 0.717) is 5.56 Å². The van der Waals surface area contributed by atoms with Crippen LogP contribution in [0.25, 0.3) is 0 Å². The van der Waals surface area contributed by atoms with Crippen LogP contribution in [0.1, 0.15) is 31.9 Å². The summed E-state index contributed by atoms with van der Waals surface area (Å²) < 4.78 is 0. The molecule has 1 amide bonds. The number of carbonyl (C=O) groups excluding carboxylic acids is 1. The van der Waals surface area contributed by atoms with E-state index < -0.39 is 12.0 Å². The summed E-state index contributed by atoms with van der Waals surface area (Å²) in [5.41, 5.74) is 6.34. The molecule has 0 fully saturated rings. The Morgan fingerprint density at radius 1 is 1.26 bits per heavy atom. The Kier molecular flexibility index (Phi) is 5.51. The molecule has 0 aliphatic rings. The number of nitrogens with two attached hydrogens (primary N) is 1. The van der Waals surface area contributed by atoms with Crippen LogP contribution in [0.2, 0.25) is 0 Å². The normalized spacial score (nSPS) is 13.9. The molecule has 0 saturated carbocycles. The third kappa shape index (κ3) is 4.71. The van der Waals surface area contributed by atoms with Gasteiger partial charge in [0.25, 0.3) is 0 Å². The number of carboxylic acid groups (broad SMARTS) is 1. The third-order valence-electron chi connectivity index (χ3n) is 2.96. The fraction of sp³-hybridized carbons (Fsp3) is 0.429. The monoisotopic (exact) mass is 264 g/mol. The fourth-order valence-corrected chi connectivity index (χ4v) is 1.60. The van der Waals surface area contributed by atoms with E-state index in [1.54, 1.807) is 30.3 Å². The van der Waals surface area contributed by atoms with Gasteiger partial charge in [0.1, 0.15) is 0 Å². The second-order valence-corrected chi connectivity index (χ2v) is 4.86. The highest BCUT2D eigenvalue weighted by molar-refractivity contribution is 5.84. The van der Waals surface area contributed by atoms with Gasteiger partial charge in [0, 0.05) is 12.5 Å². The van der Waals surface area contributed by atoms with E-state index in [2.05, 4.69) is 5.32 Å². The van der Waals surface area contributed by atoms with Crippen LogP contribution in [0.3, 0.4) is 0 Å². The van der Waals surface area contributed by atoms with E-state index in [1.807, 2.05) is 13.8 Å². The zero-order chi connectivity index (χ0) is 14.4. The van der Waals surface area contributed by atoms with Crippen molar-refractivity contribution in [1.82, 2.24) is 5.32 Å². The van der Waals surface area contributed by atoms with Crippen molar-refractivity contribution in [2.24, 2.45) is 11.7 Å². The van der Waals surface area contributed by atoms with Crippen molar-refractivity contribution in [3.63, 3.8) is 0 Å². The Labute approximate surface area is 112 Å². The van der Waals surface area contributed by atoms with Gasteiger partial charge in [-0.25, -0.2) is 4.79 Å². The average Bonchev–Trinajstić information content (AvgIpc) is 2.36. The van der Waals surface area contributed by atoms with Crippen LogP contribution < -0.4 is 11.1 Å². The SMILES string of the molecule is CC(C)C(N)CC(=O)N[C@H](C(=O)O)c1ccccc1. The van der Waals surface area contributed by atoms with Crippen LogP contribution in [0, 0.1) is 5.92 Å². The lowest BCUT2D eigenvalue weighted by Crippen LogP contribution is -2.38. The van der Waals surface area contributed by atoms with Crippen LogP contribution in [0.5, 0.6) is 0 Å². The largest absolute Gasteiger partial charge is 0.479 e. The number of benzene rings is 1. The highest BCUT2D eigenvalue weighted by atomic mass is 16.4. The molecule has 0 aliphatic heterocycles. The molecule has 0 bridgehead atoms. The lowest BCUT2D eigenvalue weighted by Gasteiger charge is -2.18. The van der Waals surface area contributed by atoms with Crippen LogP contribution in [0.15, 0.2) is 30.3 Å². The van der Waals surface area contributed by atoms with Crippen molar-refractivity contribution in [3.05, 3.63) is 35.9 Å². The molecule has 104 valence electrons. The Bertz CT molecular complexity index is 432. The molecule has 1 unspecified atom stereocenters. The molecule has 1 aromatic rings. The lowest BCUT2D eigenvalue weighted by atomic mass is 10.0. The maximum absolute atomic E-state index is 11.8. The molecule has 0 saturated heterocycles. The van der Waals surface area contributed by atoms with Gasteiger partial charge in [-0.15, -0.1) is 0 Å². The first-order valence-corrected chi connectivity index (χ1v) is 6.24. The van der Waals surface area contributed by atoms with Gasteiger partial charge in [-0.3, -0.25) is 4.79 Å². The van der Waals surface area contributed by atoms with Crippen molar-refractivity contribution in [3.8, 4) is 0 Å². The number of carbonyl (C=O) groups is 2. The van der Waals surface area contributed by atoms with Crippen molar-refractivity contribution in [2.75, 3.05) is 0 Å². The van der Waals surface area contributed by atoms with Crippen LogP contribution in [-0.2, 0) is 9.59 Å². The van der Waals surface area contributed by atoms with E-state index >= 15 is 0 Å². The number of hydrogen-bond acceptors (Lipinski definition) is 3. The third-order valence-corrected chi connectivity index (χ3v) is 2.96. The number of carboxylic acids is 1. The molecule has 1 rings (SSSR count). The second kappa shape index (κ2) is 6.89. The Morgan fingerprint density at radius 2 is 1.84 bits per heavy atom. The Morgan fingerprint density at radius 3 is 2.32 bits per heavy atom. The fourth-order valence-electron chi connectivity index (χ4n) is 1.60. The Hall–Kier alpha value is -1.88. The molecule has 0 aromatic heterocycles. The molecule has 0 heterocycles. The number of rotatable bonds is 6. The predicted octanol–water partition coefficient (Wildman–Crippen LogP) is 1.30. The van der Waals surface area contributed by atoms with E-state index in [4.69, 9.17) is 5.73 Å². The highest BCUT2D eigenvalue weighted by Crippen LogP contribution is 2.13. The van der Waals surface area contributed by atoms with Crippen molar-refractivity contribution < 1.29 is 14.7 Å². The first kappa shape index (κ1) is 15.2. The number of amides is 1. The molecule has 2 atom stereocenters. The molecule has 19 heavy (non-hydrogen) atoms. The van der Waals surface area contributed by atoms with Gasteiger partial charge in [-0.05, 0) is 11.5 Å². The van der Waals surface area contributed by atoms with Gasteiger partial charge in [0.05, 0.1) is 0 Å². The smallest absolute Gasteiger partial charge is 0.330 e. The van der Waals surface area contributed by atoms with E-state index in [1.165, 1.54) is 0 Å². The van der Waals surface area contributed by atoms with Gasteiger partial charge in [0.2, 0.25) is 5.91 Å². The van der Waals surface area contributed by atoms with Gasteiger partial charge in [-0.2, -0.15) is 0 Å². The quantitative estimate of drug-likeness (QED) is 0.722. The lowest BCUT2D eigenvalue weighted by molar-refractivity contribution is -0.142. The maximum atomic E-state index is 11.8. The van der Waals surface area contributed by atoms with E-state index in [0.717, 1.165) is 0 Å². The topological polar surface area (TPSA) is 92.4 Å². The summed E-state index contributed by atoms with van der Waals surface area (Å²) in [6, 6.07) is 7.29. The van der Waals surface area contributed by atoms with Crippen molar-refractivity contribution >= 4 is 11.9 Å². The summed E-state index contributed by atoms with van der Waals surface area (Å²) in [6.45, 7) is 3.84. The minimum atomic E-state index is -1.09. The predicted molar refractivity (Wildman–Crippen MR) is 72.4 cm³/mol. The van der Waals surface area contributed by atoms with E-state index in [9.17, 15) is 14.7 Å². The molecule has 0 spiro atoms. The van der Waals surface area contributed by atoms with Crippen molar-refractivity contribution in [1.29, 1.82) is 0 Å².